The fourth-order valence-electron chi connectivity index (χ4n) is 2.51. The predicted molar refractivity (Wildman–Crippen MR) is 90.2 cm³/mol. The van der Waals surface area contributed by atoms with E-state index in [1.165, 1.54) is 0 Å². The average molecular weight is 325 g/mol. The van der Waals surface area contributed by atoms with Crippen molar-refractivity contribution in [1.29, 1.82) is 0 Å². The molecule has 1 amide bonds. The Morgan fingerprint density at radius 1 is 1.25 bits per heavy atom. The molecule has 6 heteroatoms. The van der Waals surface area contributed by atoms with E-state index in [4.69, 9.17) is 9.26 Å². The number of fused-ring (bicyclic) bond motifs is 1. The Bertz CT molecular complexity index is 859. The molecule has 124 valence electrons. The van der Waals surface area contributed by atoms with E-state index in [1.807, 2.05) is 37.3 Å². The molecule has 0 radical (unpaired) electrons. The number of aryl methyl sites for hydroxylation is 2. The standard InChI is InChI=1S/C18H19N3O3/c1-12-11-15(16-13(2)20-24-17(16)19-12)18(22)21(3)9-10-23-14-7-5-4-6-8-14/h4-8,11H,9-10H2,1-3H3. The third-order valence-electron chi connectivity index (χ3n) is 3.76. The number of amides is 1. The van der Waals surface area contributed by atoms with Crippen LogP contribution in [0.2, 0.25) is 0 Å². The summed E-state index contributed by atoms with van der Waals surface area (Å²) in [5.41, 5.74) is 2.33. The molecule has 0 aliphatic carbocycles. The van der Waals surface area contributed by atoms with Gasteiger partial charge in [0, 0.05) is 12.7 Å². The van der Waals surface area contributed by atoms with Crippen molar-refractivity contribution < 1.29 is 14.1 Å². The van der Waals surface area contributed by atoms with E-state index in [0.717, 1.165) is 11.4 Å². The lowest BCUT2D eigenvalue weighted by Crippen LogP contribution is -2.31. The smallest absolute Gasteiger partial charge is 0.258 e. The van der Waals surface area contributed by atoms with Gasteiger partial charge in [0.15, 0.2) is 0 Å². The molecule has 0 bridgehead atoms. The van der Waals surface area contributed by atoms with E-state index in [-0.39, 0.29) is 5.91 Å². The highest BCUT2D eigenvalue weighted by atomic mass is 16.5. The van der Waals surface area contributed by atoms with E-state index in [0.29, 0.717) is 35.5 Å². The van der Waals surface area contributed by atoms with E-state index in [9.17, 15) is 4.79 Å². The summed E-state index contributed by atoms with van der Waals surface area (Å²) >= 11 is 0. The first-order valence-corrected chi connectivity index (χ1v) is 7.73. The zero-order valence-electron chi connectivity index (χ0n) is 13.9. The second-order valence-electron chi connectivity index (χ2n) is 5.65. The number of likely N-dealkylation sites (N-methyl/N-ethyl adjacent to an activating group) is 1. The third-order valence-corrected chi connectivity index (χ3v) is 3.76. The van der Waals surface area contributed by atoms with Crippen LogP contribution in [0.1, 0.15) is 21.7 Å². The first kappa shape index (κ1) is 16.0. The normalized spacial score (nSPS) is 10.8. The summed E-state index contributed by atoms with van der Waals surface area (Å²) in [5, 5.41) is 4.58. The molecule has 3 aromatic rings. The van der Waals surface area contributed by atoms with Crippen LogP contribution in [0.3, 0.4) is 0 Å². The van der Waals surface area contributed by atoms with Gasteiger partial charge in [-0.3, -0.25) is 4.79 Å². The lowest BCUT2D eigenvalue weighted by atomic mass is 10.1. The van der Waals surface area contributed by atoms with Crippen LogP contribution in [-0.2, 0) is 0 Å². The third kappa shape index (κ3) is 3.22. The molecule has 3 rings (SSSR count). The molecule has 2 aromatic heterocycles. The largest absolute Gasteiger partial charge is 0.492 e. The van der Waals surface area contributed by atoms with Crippen molar-refractivity contribution in [2.45, 2.75) is 13.8 Å². The van der Waals surface area contributed by atoms with Crippen molar-refractivity contribution in [1.82, 2.24) is 15.0 Å². The summed E-state index contributed by atoms with van der Waals surface area (Å²) < 4.78 is 10.8. The number of nitrogens with zero attached hydrogens (tertiary/aromatic N) is 3. The van der Waals surface area contributed by atoms with E-state index in [1.54, 1.807) is 24.9 Å². The van der Waals surface area contributed by atoms with Crippen LogP contribution in [0.25, 0.3) is 11.1 Å². The number of rotatable bonds is 5. The Labute approximate surface area is 140 Å². The maximum Gasteiger partial charge on any atom is 0.258 e. The second kappa shape index (κ2) is 6.70. The van der Waals surface area contributed by atoms with Crippen molar-refractivity contribution in [2.24, 2.45) is 0 Å². The summed E-state index contributed by atoms with van der Waals surface area (Å²) in [6.45, 7) is 4.52. The van der Waals surface area contributed by atoms with Crippen LogP contribution in [0.4, 0.5) is 0 Å². The zero-order chi connectivity index (χ0) is 17.1. The molecular formula is C18H19N3O3. The molecule has 0 aliphatic rings. The van der Waals surface area contributed by atoms with Crippen molar-refractivity contribution in [2.75, 3.05) is 20.2 Å². The predicted octanol–water partition coefficient (Wildman–Crippen LogP) is 2.99. The highest BCUT2D eigenvalue weighted by Gasteiger charge is 2.20. The Morgan fingerprint density at radius 2 is 2.00 bits per heavy atom. The van der Waals surface area contributed by atoms with Crippen LogP contribution in [-0.4, -0.2) is 41.1 Å². The number of pyridine rings is 1. The molecule has 0 unspecified atom stereocenters. The van der Waals surface area contributed by atoms with Crippen LogP contribution in [0.5, 0.6) is 5.75 Å². The van der Waals surface area contributed by atoms with Crippen LogP contribution in [0.15, 0.2) is 40.9 Å². The van der Waals surface area contributed by atoms with Gasteiger partial charge in [-0.1, -0.05) is 23.4 Å². The van der Waals surface area contributed by atoms with Gasteiger partial charge in [0.2, 0.25) is 0 Å². The summed E-state index contributed by atoms with van der Waals surface area (Å²) in [4.78, 5) is 18.7. The van der Waals surface area contributed by atoms with Gasteiger partial charge in [-0.05, 0) is 32.0 Å². The average Bonchev–Trinajstić information content (AvgIpc) is 2.95. The fourth-order valence-corrected chi connectivity index (χ4v) is 2.51. The lowest BCUT2D eigenvalue weighted by Gasteiger charge is -2.18. The molecule has 0 aliphatic heterocycles. The van der Waals surface area contributed by atoms with Gasteiger partial charge in [0.05, 0.1) is 23.2 Å². The van der Waals surface area contributed by atoms with Gasteiger partial charge in [-0.25, -0.2) is 4.98 Å². The number of benzene rings is 1. The number of hydrogen-bond donors (Lipinski definition) is 0. The monoisotopic (exact) mass is 325 g/mol. The first-order chi connectivity index (χ1) is 11.6. The number of hydrogen-bond acceptors (Lipinski definition) is 5. The van der Waals surface area contributed by atoms with E-state index < -0.39 is 0 Å². The first-order valence-electron chi connectivity index (χ1n) is 7.73. The Kier molecular flexibility index (Phi) is 4.46. The molecular weight excluding hydrogens is 306 g/mol. The van der Waals surface area contributed by atoms with Crippen molar-refractivity contribution in [3.63, 3.8) is 0 Å². The SMILES string of the molecule is Cc1cc(C(=O)N(C)CCOc2ccccc2)c2c(C)noc2n1. The lowest BCUT2D eigenvalue weighted by molar-refractivity contribution is 0.0775. The molecule has 24 heavy (non-hydrogen) atoms. The molecule has 0 atom stereocenters. The van der Waals surface area contributed by atoms with Gasteiger partial charge >= 0.3 is 0 Å². The highest BCUT2D eigenvalue weighted by molar-refractivity contribution is 6.05. The molecule has 0 N–H and O–H groups in total. The number of para-hydroxylation sites is 1. The van der Waals surface area contributed by atoms with Gasteiger partial charge in [0.25, 0.3) is 11.6 Å². The maximum absolute atomic E-state index is 12.8. The zero-order valence-corrected chi connectivity index (χ0v) is 13.9. The van der Waals surface area contributed by atoms with Crippen LogP contribution < -0.4 is 4.74 Å². The molecule has 1 aromatic carbocycles. The fraction of sp³-hybridized carbons (Fsp3) is 0.278. The van der Waals surface area contributed by atoms with E-state index >= 15 is 0 Å². The van der Waals surface area contributed by atoms with Crippen molar-refractivity contribution in [3.05, 3.63) is 53.3 Å². The van der Waals surface area contributed by atoms with Crippen molar-refractivity contribution >= 4 is 17.0 Å². The number of carbonyl (C=O) groups excluding carboxylic acids is 1. The maximum atomic E-state index is 12.8. The summed E-state index contributed by atoms with van der Waals surface area (Å²) in [6, 6.07) is 11.3. The minimum atomic E-state index is -0.103. The molecule has 2 heterocycles. The van der Waals surface area contributed by atoms with Crippen molar-refractivity contribution in [3.8, 4) is 5.75 Å². The van der Waals surface area contributed by atoms with Gasteiger partial charge < -0.3 is 14.2 Å². The van der Waals surface area contributed by atoms with Crippen LogP contribution >= 0.6 is 0 Å². The number of carbonyl (C=O) groups is 1. The summed E-state index contributed by atoms with van der Waals surface area (Å²) in [6.07, 6.45) is 0. The number of aromatic nitrogens is 2. The van der Waals surface area contributed by atoms with Gasteiger partial charge in [-0.2, -0.15) is 0 Å². The Hall–Kier alpha value is -2.89. The quantitative estimate of drug-likeness (QED) is 0.721. The van der Waals surface area contributed by atoms with E-state index in [2.05, 4.69) is 10.1 Å². The number of ether oxygens (including phenoxy) is 1. The van der Waals surface area contributed by atoms with Crippen LogP contribution in [0, 0.1) is 13.8 Å². The minimum absolute atomic E-state index is 0.103. The summed E-state index contributed by atoms with van der Waals surface area (Å²) in [7, 11) is 1.75. The molecule has 0 saturated heterocycles. The second-order valence-corrected chi connectivity index (χ2v) is 5.65. The van der Waals surface area contributed by atoms with Gasteiger partial charge in [-0.15, -0.1) is 0 Å². The Balaban J connectivity index is 1.73. The summed E-state index contributed by atoms with van der Waals surface area (Å²) in [5.74, 6) is 0.684. The highest BCUT2D eigenvalue weighted by Crippen LogP contribution is 2.23. The Morgan fingerprint density at radius 3 is 2.75 bits per heavy atom. The van der Waals surface area contributed by atoms with Gasteiger partial charge in [0.1, 0.15) is 12.4 Å². The molecule has 0 saturated carbocycles. The molecule has 0 fully saturated rings. The molecule has 6 nitrogen and oxygen atoms in total. The molecule has 0 spiro atoms. The topological polar surface area (TPSA) is 68.5 Å². The minimum Gasteiger partial charge on any atom is -0.492 e.